The van der Waals surface area contributed by atoms with Gasteiger partial charge in [0, 0.05) is 22.8 Å². The molecule has 1 aromatic heterocycles. The minimum absolute atomic E-state index is 1.02. The number of pyridine rings is 1. The number of nitrogens with zero attached hydrogens (tertiary/aromatic N) is 1. The van der Waals surface area contributed by atoms with Crippen molar-refractivity contribution in [1.82, 2.24) is 4.98 Å². The maximum Gasteiger partial charge on any atom is 0.130 e. The quantitative estimate of drug-likeness (QED) is 0.689. The third-order valence-electron chi connectivity index (χ3n) is 1.67. The molecular weight excluding hydrogens is 192 g/mol. The molecule has 0 aliphatic carbocycles. The topological polar surface area (TPSA) is 24.9 Å². The smallest absolute Gasteiger partial charge is 0.130 e. The van der Waals surface area contributed by atoms with E-state index >= 15 is 0 Å². The Labute approximate surface area is 67.8 Å². The summed E-state index contributed by atoms with van der Waals surface area (Å²) < 4.78 is 1.17. The number of fused-ring (bicyclic) bond motifs is 1. The molecule has 0 radical (unpaired) electrons. The van der Waals surface area contributed by atoms with E-state index in [4.69, 9.17) is 0 Å². The standard InChI is InChI=1S/C7H7BrN2/c8-6-2-4-10-7-5(6)1-3-9-7/h2,4H,1,3H2,(H,9,10). The number of halogens is 1. The Bertz CT molecular complexity index is 260. The van der Waals surface area contributed by atoms with Crippen LogP contribution in [0.5, 0.6) is 0 Å². The minimum Gasteiger partial charge on any atom is -0.369 e. The summed E-state index contributed by atoms with van der Waals surface area (Å²) in [6.07, 6.45) is 2.89. The molecular formula is C7H7BrN2. The third-order valence-corrected chi connectivity index (χ3v) is 2.41. The maximum atomic E-state index is 4.18. The Hall–Kier alpha value is -0.570. The van der Waals surface area contributed by atoms with Gasteiger partial charge < -0.3 is 5.32 Å². The van der Waals surface area contributed by atoms with Crippen LogP contribution in [0.4, 0.5) is 5.82 Å². The van der Waals surface area contributed by atoms with Gasteiger partial charge in [0.05, 0.1) is 0 Å². The predicted molar refractivity (Wildman–Crippen MR) is 44.1 cm³/mol. The summed E-state index contributed by atoms with van der Waals surface area (Å²) in [7, 11) is 0. The highest BCUT2D eigenvalue weighted by atomic mass is 79.9. The van der Waals surface area contributed by atoms with Gasteiger partial charge in [0.2, 0.25) is 0 Å². The van der Waals surface area contributed by atoms with E-state index in [0.717, 1.165) is 18.8 Å². The number of hydrogen-bond acceptors (Lipinski definition) is 2. The zero-order valence-corrected chi connectivity index (χ0v) is 6.98. The molecule has 3 heteroatoms. The molecule has 0 fully saturated rings. The summed E-state index contributed by atoms with van der Waals surface area (Å²) in [5.74, 6) is 1.04. The SMILES string of the molecule is Brc1ccnc2c1CCN2. The van der Waals surface area contributed by atoms with Crippen LogP contribution in [0.3, 0.4) is 0 Å². The van der Waals surface area contributed by atoms with Crippen molar-refractivity contribution < 1.29 is 0 Å². The fourth-order valence-corrected chi connectivity index (χ4v) is 1.67. The van der Waals surface area contributed by atoms with E-state index in [2.05, 4.69) is 26.2 Å². The van der Waals surface area contributed by atoms with Crippen molar-refractivity contribution in [2.45, 2.75) is 6.42 Å². The van der Waals surface area contributed by atoms with Gasteiger partial charge in [-0.25, -0.2) is 4.98 Å². The first-order valence-electron chi connectivity index (χ1n) is 3.25. The van der Waals surface area contributed by atoms with Crippen LogP contribution in [0, 0.1) is 0 Å². The highest BCUT2D eigenvalue weighted by Gasteiger charge is 2.12. The molecule has 2 nitrogen and oxygen atoms in total. The molecule has 1 aliphatic rings. The van der Waals surface area contributed by atoms with Crippen LogP contribution in [-0.4, -0.2) is 11.5 Å². The van der Waals surface area contributed by atoms with Crippen molar-refractivity contribution in [3.63, 3.8) is 0 Å². The van der Waals surface area contributed by atoms with Gasteiger partial charge >= 0.3 is 0 Å². The monoisotopic (exact) mass is 198 g/mol. The average molecular weight is 199 g/mol. The van der Waals surface area contributed by atoms with Crippen molar-refractivity contribution in [1.29, 1.82) is 0 Å². The first-order valence-corrected chi connectivity index (χ1v) is 4.04. The molecule has 1 aromatic rings. The Morgan fingerprint density at radius 2 is 2.50 bits per heavy atom. The summed E-state index contributed by atoms with van der Waals surface area (Å²) in [4.78, 5) is 4.18. The summed E-state index contributed by atoms with van der Waals surface area (Å²) in [6, 6.07) is 1.98. The molecule has 0 spiro atoms. The highest BCUT2D eigenvalue weighted by Crippen LogP contribution is 2.26. The molecule has 52 valence electrons. The van der Waals surface area contributed by atoms with Crippen molar-refractivity contribution in [3.8, 4) is 0 Å². The van der Waals surface area contributed by atoms with E-state index in [1.807, 2.05) is 6.07 Å². The largest absolute Gasteiger partial charge is 0.369 e. The van der Waals surface area contributed by atoms with E-state index in [9.17, 15) is 0 Å². The minimum atomic E-state index is 1.02. The van der Waals surface area contributed by atoms with Gasteiger partial charge in [-0.15, -0.1) is 0 Å². The lowest BCUT2D eigenvalue weighted by atomic mass is 10.2. The predicted octanol–water partition coefficient (Wildman–Crippen LogP) is 1.81. The van der Waals surface area contributed by atoms with E-state index < -0.39 is 0 Å². The molecule has 2 rings (SSSR count). The number of aromatic nitrogens is 1. The lowest BCUT2D eigenvalue weighted by Crippen LogP contribution is -1.92. The van der Waals surface area contributed by atoms with Crippen molar-refractivity contribution in [2.24, 2.45) is 0 Å². The second-order valence-corrected chi connectivity index (χ2v) is 3.15. The normalized spacial score (nSPS) is 14.5. The molecule has 0 saturated carbocycles. The molecule has 10 heavy (non-hydrogen) atoms. The Kier molecular flexibility index (Phi) is 1.38. The van der Waals surface area contributed by atoms with Gasteiger partial charge in [-0.3, -0.25) is 0 Å². The summed E-state index contributed by atoms with van der Waals surface area (Å²) in [5, 5.41) is 3.20. The van der Waals surface area contributed by atoms with Crippen LogP contribution in [0.15, 0.2) is 16.7 Å². The van der Waals surface area contributed by atoms with Gasteiger partial charge in [0.15, 0.2) is 0 Å². The Balaban J connectivity index is 2.59. The second-order valence-electron chi connectivity index (χ2n) is 2.30. The van der Waals surface area contributed by atoms with Crippen LogP contribution in [0.1, 0.15) is 5.56 Å². The second kappa shape index (κ2) is 2.23. The van der Waals surface area contributed by atoms with E-state index in [0.29, 0.717) is 0 Å². The van der Waals surface area contributed by atoms with Gasteiger partial charge in [0.1, 0.15) is 5.82 Å². The van der Waals surface area contributed by atoms with Crippen LogP contribution in [-0.2, 0) is 6.42 Å². The number of nitrogens with one attached hydrogen (secondary N) is 1. The molecule has 1 N–H and O–H groups in total. The summed E-state index contributed by atoms with van der Waals surface area (Å²) >= 11 is 3.47. The number of hydrogen-bond donors (Lipinski definition) is 1. The Morgan fingerprint density at radius 1 is 1.60 bits per heavy atom. The fourth-order valence-electron chi connectivity index (χ4n) is 1.16. The highest BCUT2D eigenvalue weighted by molar-refractivity contribution is 9.10. The van der Waals surface area contributed by atoms with E-state index in [-0.39, 0.29) is 0 Å². The lowest BCUT2D eigenvalue weighted by molar-refractivity contribution is 1.10. The molecule has 0 amide bonds. The van der Waals surface area contributed by atoms with Gasteiger partial charge in [-0.05, 0) is 12.5 Å². The summed E-state index contributed by atoms with van der Waals surface area (Å²) in [5.41, 5.74) is 1.31. The van der Waals surface area contributed by atoms with Crippen molar-refractivity contribution in [2.75, 3.05) is 11.9 Å². The fraction of sp³-hybridized carbons (Fsp3) is 0.286. The molecule has 2 heterocycles. The van der Waals surface area contributed by atoms with Gasteiger partial charge in [-0.2, -0.15) is 0 Å². The van der Waals surface area contributed by atoms with Gasteiger partial charge in [-0.1, -0.05) is 15.9 Å². The van der Waals surface area contributed by atoms with Crippen LogP contribution in [0.25, 0.3) is 0 Å². The van der Waals surface area contributed by atoms with Gasteiger partial charge in [0.25, 0.3) is 0 Å². The molecule has 0 saturated heterocycles. The molecule has 0 unspecified atom stereocenters. The maximum absolute atomic E-state index is 4.18. The van der Waals surface area contributed by atoms with Crippen LogP contribution in [0.2, 0.25) is 0 Å². The zero-order valence-electron chi connectivity index (χ0n) is 5.39. The van der Waals surface area contributed by atoms with Crippen molar-refractivity contribution in [3.05, 3.63) is 22.3 Å². The first-order chi connectivity index (χ1) is 4.88. The zero-order chi connectivity index (χ0) is 6.97. The average Bonchev–Trinajstić information content (AvgIpc) is 2.36. The van der Waals surface area contributed by atoms with Crippen molar-refractivity contribution >= 4 is 21.7 Å². The van der Waals surface area contributed by atoms with Crippen LogP contribution >= 0.6 is 15.9 Å². The van der Waals surface area contributed by atoms with E-state index in [1.165, 1.54) is 10.0 Å². The molecule has 0 atom stereocenters. The molecule has 0 aromatic carbocycles. The van der Waals surface area contributed by atoms with E-state index in [1.54, 1.807) is 6.20 Å². The third kappa shape index (κ3) is 0.814. The first kappa shape index (κ1) is 6.16. The molecule has 0 bridgehead atoms. The van der Waals surface area contributed by atoms with Crippen LogP contribution < -0.4 is 5.32 Å². The molecule has 1 aliphatic heterocycles. The summed E-state index contributed by atoms with van der Waals surface area (Å²) in [6.45, 7) is 1.02. The lowest BCUT2D eigenvalue weighted by Gasteiger charge is -1.97. The number of rotatable bonds is 0. The Morgan fingerprint density at radius 3 is 3.30 bits per heavy atom. The number of anilines is 1.